The van der Waals surface area contributed by atoms with Crippen LogP contribution in [0, 0.1) is 5.82 Å². The second-order valence-electron chi connectivity index (χ2n) is 3.84. The van der Waals surface area contributed by atoms with Gasteiger partial charge in [-0.25, -0.2) is 9.18 Å². The molecule has 1 N–H and O–H groups in total. The average molecular weight is 310 g/mol. The van der Waals surface area contributed by atoms with Gasteiger partial charge in [-0.05, 0) is 49.6 Å². The second-order valence-corrected chi connectivity index (χ2v) is 4.69. The van der Waals surface area contributed by atoms with Crippen LogP contribution in [0.15, 0.2) is 41.3 Å². The molecule has 4 nitrogen and oxygen atoms in total. The summed E-state index contributed by atoms with van der Waals surface area (Å²) < 4.78 is 17.4. The van der Waals surface area contributed by atoms with Crippen LogP contribution in [0.1, 0.15) is 12.5 Å². The summed E-state index contributed by atoms with van der Waals surface area (Å²) in [5, 5.41) is 10.1. The molecule has 0 saturated carbocycles. The minimum absolute atomic E-state index is 0.101. The number of aliphatic hydroxyl groups excluding tert-OH is 1. The number of rotatable bonds is 6. The van der Waals surface area contributed by atoms with E-state index in [0.717, 1.165) is 6.08 Å². The molecule has 0 bridgehead atoms. The molecule has 0 aliphatic rings. The fourth-order valence-corrected chi connectivity index (χ4v) is 1.93. The lowest BCUT2D eigenvalue weighted by Crippen LogP contribution is -2.14. The Morgan fingerprint density at radius 3 is 2.43 bits per heavy atom. The van der Waals surface area contributed by atoms with Crippen molar-refractivity contribution in [3.05, 3.63) is 52.7 Å². The van der Waals surface area contributed by atoms with Crippen LogP contribution in [-0.4, -0.2) is 29.7 Å². The van der Waals surface area contributed by atoms with E-state index in [2.05, 4.69) is 4.74 Å². The van der Waals surface area contributed by atoms with Crippen LogP contribution in [-0.2, 0) is 14.3 Å². The van der Waals surface area contributed by atoms with Gasteiger partial charge in [0.2, 0.25) is 0 Å². The Hall–Kier alpha value is -2.08. The Balaban J connectivity index is 2.95. The van der Waals surface area contributed by atoms with Crippen LogP contribution in [0.4, 0.5) is 4.39 Å². The van der Waals surface area contributed by atoms with E-state index in [1.54, 1.807) is 13.2 Å². The molecular formula is C15H15FO4S. The zero-order chi connectivity index (χ0) is 15.8. The Bertz CT molecular complexity index is 576. The summed E-state index contributed by atoms with van der Waals surface area (Å²) >= 11 is 1.19. The number of allylic oxidation sites excluding steroid dienone is 1. The summed E-state index contributed by atoms with van der Waals surface area (Å²) in [4.78, 5) is 23.0. The lowest BCUT2D eigenvalue weighted by atomic mass is 10.1. The maximum Gasteiger partial charge on any atom is 0.379 e. The molecule has 112 valence electrons. The number of carbonyl (C=O) groups excluding carboxylic acids is 2. The molecule has 0 unspecified atom stereocenters. The van der Waals surface area contributed by atoms with Crippen LogP contribution in [0.25, 0.3) is 5.76 Å². The van der Waals surface area contributed by atoms with Crippen molar-refractivity contribution in [3.8, 4) is 0 Å². The number of halogens is 1. The first kappa shape index (κ1) is 17.0. The third kappa shape index (κ3) is 5.07. The van der Waals surface area contributed by atoms with Crippen molar-refractivity contribution >= 4 is 29.3 Å². The minimum Gasteiger partial charge on any atom is -0.506 e. The van der Waals surface area contributed by atoms with E-state index in [9.17, 15) is 19.1 Å². The van der Waals surface area contributed by atoms with Gasteiger partial charge in [-0.1, -0.05) is 0 Å². The van der Waals surface area contributed by atoms with Crippen molar-refractivity contribution in [2.75, 3.05) is 12.9 Å². The number of ketones is 1. The summed E-state index contributed by atoms with van der Waals surface area (Å²) in [7, 11) is 0. The molecule has 0 radical (unpaired) electrons. The predicted molar refractivity (Wildman–Crippen MR) is 80.2 cm³/mol. The van der Waals surface area contributed by atoms with Crippen molar-refractivity contribution in [1.29, 1.82) is 0 Å². The maximum absolute atomic E-state index is 12.8. The fraction of sp³-hybridized carbons (Fsp3) is 0.200. The highest BCUT2D eigenvalue weighted by molar-refractivity contribution is 8.02. The van der Waals surface area contributed by atoms with Crippen LogP contribution in [0.3, 0.4) is 0 Å². The van der Waals surface area contributed by atoms with Crippen LogP contribution >= 0.6 is 11.8 Å². The Morgan fingerprint density at radius 2 is 1.90 bits per heavy atom. The van der Waals surface area contributed by atoms with Gasteiger partial charge in [0.05, 0.1) is 6.61 Å². The van der Waals surface area contributed by atoms with E-state index in [0.29, 0.717) is 10.5 Å². The smallest absolute Gasteiger partial charge is 0.379 e. The van der Waals surface area contributed by atoms with E-state index in [1.165, 1.54) is 42.1 Å². The summed E-state index contributed by atoms with van der Waals surface area (Å²) in [6, 6.07) is 5.28. The van der Waals surface area contributed by atoms with Gasteiger partial charge in [0, 0.05) is 10.5 Å². The zero-order valence-corrected chi connectivity index (χ0v) is 12.4. The molecule has 0 heterocycles. The van der Waals surface area contributed by atoms with Gasteiger partial charge in [0.1, 0.15) is 11.6 Å². The number of thioether (sulfide) groups is 1. The van der Waals surface area contributed by atoms with Gasteiger partial charge in [-0.2, -0.15) is 0 Å². The van der Waals surface area contributed by atoms with Gasteiger partial charge in [0.15, 0.2) is 0 Å². The molecule has 0 atom stereocenters. The van der Waals surface area contributed by atoms with Gasteiger partial charge in [0.25, 0.3) is 5.78 Å². The normalized spacial score (nSPS) is 12.1. The number of ether oxygens (including phenoxy) is 1. The Morgan fingerprint density at radius 1 is 1.29 bits per heavy atom. The molecule has 1 aromatic rings. The molecule has 0 aliphatic carbocycles. The van der Waals surface area contributed by atoms with Crippen molar-refractivity contribution in [1.82, 2.24) is 0 Å². The van der Waals surface area contributed by atoms with E-state index in [4.69, 9.17) is 0 Å². The number of aliphatic hydroxyl groups is 1. The van der Waals surface area contributed by atoms with Crippen molar-refractivity contribution in [3.63, 3.8) is 0 Å². The third-order valence-electron chi connectivity index (χ3n) is 2.43. The first-order chi connectivity index (χ1) is 9.99. The first-order valence-electron chi connectivity index (χ1n) is 6.12. The number of hydrogen-bond donors (Lipinski definition) is 1. The van der Waals surface area contributed by atoms with Crippen LogP contribution in [0.5, 0.6) is 0 Å². The summed E-state index contributed by atoms with van der Waals surface area (Å²) in [5.74, 6) is -2.27. The van der Waals surface area contributed by atoms with Crippen molar-refractivity contribution in [2.45, 2.75) is 6.92 Å². The number of benzene rings is 1. The minimum atomic E-state index is -0.949. The molecule has 0 aliphatic heterocycles. The molecule has 0 fully saturated rings. The van der Waals surface area contributed by atoms with Gasteiger partial charge in [-0.15, -0.1) is 11.8 Å². The molecule has 0 aromatic heterocycles. The van der Waals surface area contributed by atoms with Gasteiger partial charge < -0.3 is 9.84 Å². The third-order valence-corrected chi connectivity index (χ3v) is 3.20. The first-order valence-corrected chi connectivity index (χ1v) is 7.34. The number of esters is 1. The molecule has 0 saturated heterocycles. The highest BCUT2D eigenvalue weighted by atomic mass is 32.2. The highest BCUT2D eigenvalue weighted by Gasteiger charge is 2.12. The highest BCUT2D eigenvalue weighted by Crippen LogP contribution is 2.24. The molecule has 1 aromatic carbocycles. The molecule has 0 amide bonds. The van der Waals surface area contributed by atoms with E-state index < -0.39 is 17.6 Å². The Labute approximate surface area is 126 Å². The molecule has 0 spiro atoms. The van der Waals surface area contributed by atoms with E-state index in [-0.39, 0.29) is 12.4 Å². The van der Waals surface area contributed by atoms with E-state index in [1.807, 2.05) is 0 Å². The summed E-state index contributed by atoms with van der Waals surface area (Å²) in [5.41, 5.74) is 0.411. The lowest BCUT2D eigenvalue weighted by molar-refractivity contribution is -0.151. The molecule has 6 heteroatoms. The average Bonchev–Trinajstić information content (AvgIpc) is 2.48. The SMILES string of the molecule is CCOC(=O)C(=O)/C=C/C(SC)=C(\O)c1ccc(F)cc1. The number of carbonyl (C=O) groups is 2. The fourth-order valence-electron chi connectivity index (χ4n) is 1.42. The monoisotopic (exact) mass is 310 g/mol. The zero-order valence-electron chi connectivity index (χ0n) is 11.6. The van der Waals surface area contributed by atoms with E-state index >= 15 is 0 Å². The predicted octanol–water partition coefficient (Wildman–Crippen LogP) is 3.10. The van der Waals surface area contributed by atoms with Gasteiger partial charge in [-0.3, -0.25) is 4.79 Å². The van der Waals surface area contributed by atoms with Crippen molar-refractivity contribution in [2.24, 2.45) is 0 Å². The molecular weight excluding hydrogens is 295 g/mol. The Kier molecular flexibility index (Phi) is 6.68. The van der Waals surface area contributed by atoms with Crippen LogP contribution in [0.2, 0.25) is 0 Å². The molecule has 1 rings (SSSR count). The topological polar surface area (TPSA) is 63.6 Å². The van der Waals surface area contributed by atoms with Gasteiger partial charge >= 0.3 is 5.97 Å². The lowest BCUT2D eigenvalue weighted by Gasteiger charge is -2.05. The number of hydrogen-bond acceptors (Lipinski definition) is 5. The standard InChI is InChI=1S/C15H15FO4S/c1-3-20-15(19)12(17)8-9-13(21-2)14(18)10-4-6-11(16)7-5-10/h4-9,18H,3H2,1-2H3/b9-8+,14-13+. The van der Waals surface area contributed by atoms with Crippen molar-refractivity contribution < 1.29 is 23.8 Å². The quantitative estimate of drug-likeness (QED) is 0.287. The van der Waals surface area contributed by atoms with Crippen LogP contribution < -0.4 is 0 Å². The largest absolute Gasteiger partial charge is 0.506 e. The molecule has 21 heavy (non-hydrogen) atoms. The second kappa shape index (κ2) is 8.26. The maximum atomic E-state index is 12.8. The summed E-state index contributed by atoms with van der Waals surface area (Å²) in [6.45, 7) is 1.72. The summed E-state index contributed by atoms with van der Waals surface area (Å²) in [6.07, 6.45) is 4.06.